The molecule has 11 heteroatoms. The Labute approximate surface area is 216 Å². The predicted octanol–water partition coefficient (Wildman–Crippen LogP) is 4.13. The fourth-order valence-corrected chi connectivity index (χ4v) is 6.37. The molecule has 2 aromatic rings. The molecule has 0 aliphatic rings. The fraction of sp³-hybridized carbons (Fsp3) is 0.480. The number of thiophene rings is 1. The highest BCUT2D eigenvalue weighted by atomic mass is 32.2. The lowest BCUT2D eigenvalue weighted by atomic mass is 10.0. The summed E-state index contributed by atoms with van der Waals surface area (Å²) < 4.78 is 38.5. The van der Waals surface area contributed by atoms with Crippen LogP contribution in [0.2, 0.25) is 0 Å². The van der Waals surface area contributed by atoms with E-state index in [0.29, 0.717) is 16.1 Å². The van der Waals surface area contributed by atoms with E-state index >= 15 is 0 Å². The first-order chi connectivity index (χ1) is 16.7. The highest BCUT2D eigenvalue weighted by Crippen LogP contribution is 2.33. The van der Waals surface area contributed by atoms with Crippen LogP contribution in [-0.4, -0.2) is 45.5 Å². The number of hydrogen-bond donors (Lipinski definition) is 2. The van der Waals surface area contributed by atoms with Crippen LogP contribution in [0, 0.1) is 27.7 Å². The Hall–Kier alpha value is -2.76. The predicted molar refractivity (Wildman–Crippen MR) is 139 cm³/mol. The van der Waals surface area contributed by atoms with Gasteiger partial charge in [0, 0.05) is 4.88 Å². The Morgan fingerprint density at radius 2 is 1.56 bits per heavy atom. The molecule has 0 bridgehead atoms. The number of hydrogen-bond acceptors (Lipinski definition) is 8. The number of esters is 2. The Balaban J connectivity index is 2.08. The molecule has 0 spiro atoms. The number of benzene rings is 1. The molecule has 1 aromatic heterocycles. The lowest BCUT2D eigenvalue weighted by molar-refractivity contribution is -0.148. The Kier molecular flexibility index (Phi) is 9.81. The second-order valence-electron chi connectivity index (χ2n) is 8.86. The van der Waals surface area contributed by atoms with Crippen LogP contribution in [0.3, 0.4) is 0 Å². The van der Waals surface area contributed by atoms with Gasteiger partial charge in [-0.25, -0.2) is 13.2 Å². The van der Waals surface area contributed by atoms with Crippen molar-refractivity contribution in [1.82, 2.24) is 4.72 Å². The minimum atomic E-state index is -4.03. The standard InChI is InChI=1S/C25H34N2O7S2/c1-9-33-25(30)19-11-20(13(2)3)35-23(19)26-21(28)12-34-24(29)18(8)27-36(31,32)22-16(6)14(4)10-15(5)17(22)7/h10-11,13,18,27H,9,12H2,1-8H3,(H,26,28)/t18-/m0/s1. The summed E-state index contributed by atoms with van der Waals surface area (Å²) >= 11 is 1.24. The highest BCUT2D eigenvalue weighted by Gasteiger charge is 2.28. The number of ether oxygens (including phenoxy) is 2. The van der Waals surface area contributed by atoms with Gasteiger partial charge >= 0.3 is 11.9 Å². The average molecular weight is 539 g/mol. The molecule has 0 saturated carbocycles. The van der Waals surface area contributed by atoms with Crippen molar-refractivity contribution in [2.24, 2.45) is 0 Å². The number of nitrogens with one attached hydrogen (secondary N) is 2. The third-order valence-corrected chi connectivity index (χ3v) is 8.83. The van der Waals surface area contributed by atoms with Gasteiger partial charge in [0.1, 0.15) is 11.0 Å². The third kappa shape index (κ3) is 6.92. The molecule has 2 rings (SSSR count). The SMILES string of the molecule is CCOC(=O)c1cc(C(C)C)sc1NC(=O)COC(=O)[C@H](C)NS(=O)(=O)c1c(C)c(C)cc(C)c1C. The first-order valence-electron chi connectivity index (χ1n) is 11.6. The molecule has 0 radical (unpaired) electrons. The maximum atomic E-state index is 13.0. The zero-order valence-corrected chi connectivity index (χ0v) is 23.5. The number of amides is 1. The molecule has 0 saturated heterocycles. The van der Waals surface area contributed by atoms with Crippen LogP contribution in [0.15, 0.2) is 17.0 Å². The molecular formula is C25H34N2O7S2. The van der Waals surface area contributed by atoms with E-state index in [1.54, 1.807) is 26.8 Å². The Morgan fingerprint density at radius 1 is 0.972 bits per heavy atom. The summed E-state index contributed by atoms with van der Waals surface area (Å²) in [6.07, 6.45) is 0. The normalized spacial score (nSPS) is 12.4. The minimum Gasteiger partial charge on any atom is -0.462 e. The lowest BCUT2D eigenvalue weighted by Crippen LogP contribution is -2.41. The molecule has 36 heavy (non-hydrogen) atoms. The molecule has 0 unspecified atom stereocenters. The van der Waals surface area contributed by atoms with Crippen LogP contribution >= 0.6 is 11.3 Å². The van der Waals surface area contributed by atoms with Gasteiger partial charge in [-0.05, 0) is 75.8 Å². The van der Waals surface area contributed by atoms with Gasteiger partial charge in [0.05, 0.1) is 17.1 Å². The van der Waals surface area contributed by atoms with Gasteiger partial charge in [0.2, 0.25) is 10.0 Å². The average Bonchev–Trinajstić information content (AvgIpc) is 3.20. The summed E-state index contributed by atoms with van der Waals surface area (Å²) in [5.41, 5.74) is 3.06. The van der Waals surface area contributed by atoms with E-state index in [1.807, 2.05) is 33.8 Å². The minimum absolute atomic E-state index is 0.127. The molecule has 0 fully saturated rings. The van der Waals surface area contributed by atoms with E-state index in [2.05, 4.69) is 10.0 Å². The topological polar surface area (TPSA) is 128 Å². The molecular weight excluding hydrogens is 504 g/mol. The van der Waals surface area contributed by atoms with E-state index < -0.39 is 40.5 Å². The third-order valence-electron chi connectivity index (χ3n) is 5.67. The van der Waals surface area contributed by atoms with Crippen LogP contribution in [0.25, 0.3) is 0 Å². The zero-order valence-electron chi connectivity index (χ0n) is 21.9. The van der Waals surface area contributed by atoms with Crippen molar-refractivity contribution in [3.8, 4) is 0 Å². The highest BCUT2D eigenvalue weighted by molar-refractivity contribution is 7.89. The molecule has 0 aliphatic heterocycles. The monoisotopic (exact) mass is 538 g/mol. The Morgan fingerprint density at radius 3 is 2.08 bits per heavy atom. The summed E-state index contributed by atoms with van der Waals surface area (Å²) in [4.78, 5) is 38.2. The smallest absolute Gasteiger partial charge is 0.341 e. The molecule has 1 aromatic carbocycles. The van der Waals surface area contributed by atoms with Gasteiger partial charge in [0.15, 0.2) is 6.61 Å². The second-order valence-corrected chi connectivity index (χ2v) is 11.6. The number of anilines is 1. The first-order valence-corrected chi connectivity index (χ1v) is 13.9. The van der Waals surface area contributed by atoms with Gasteiger partial charge in [0.25, 0.3) is 5.91 Å². The number of carbonyl (C=O) groups excluding carboxylic acids is 3. The molecule has 1 atom stereocenters. The quantitative estimate of drug-likeness (QED) is 0.435. The van der Waals surface area contributed by atoms with Crippen molar-refractivity contribution in [2.45, 2.75) is 72.2 Å². The van der Waals surface area contributed by atoms with E-state index in [9.17, 15) is 22.8 Å². The van der Waals surface area contributed by atoms with E-state index in [4.69, 9.17) is 9.47 Å². The van der Waals surface area contributed by atoms with Crippen molar-refractivity contribution >= 4 is 44.2 Å². The summed E-state index contributed by atoms with van der Waals surface area (Å²) in [5.74, 6) is -2.01. The maximum absolute atomic E-state index is 13.0. The number of sulfonamides is 1. The van der Waals surface area contributed by atoms with Gasteiger partial charge < -0.3 is 14.8 Å². The lowest BCUT2D eigenvalue weighted by Gasteiger charge is -2.18. The largest absolute Gasteiger partial charge is 0.462 e. The van der Waals surface area contributed by atoms with Crippen molar-refractivity contribution in [2.75, 3.05) is 18.5 Å². The summed E-state index contributed by atoms with van der Waals surface area (Å²) in [6, 6.07) is 2.35. The summed E-state index contributed by atoms with van der Waals surface area (Å²) in [6.45, 7) is 13.5. The van der Waals surface area contributed by atoms with Crippen molar-refractivity contribution in [3.05, 3.63) is 44.8 Å². The van der Waals surface area contributed by atoms with Crippen LogP contribution < -0.4 is 10.0 Å². The molecule has 2 N–H and O–H groups in total. The Bertz CT molecular complexity index is 1240. The van der Waals surface area contributed by atoms with Crippen LogP contribution in [-0.2, 0) is 29.1 Å². The number of rotatable bonds is 10. The van der Waals surface area contributed by atoms with Gasteiger partial charge in [-0.15, -0.1) is 11.3 Å². The van der Waals surface area contributed by atoms with Crippen molar-refractivity contribution in [1.29, 1.82) is 0 Å². The molecule has 0 aliphatic carbocycles. The van der Waals surface area contributed by atoms with E-state index in [1.165, 1.54) is 18.3 Å². The first kappa shape index (κ1) is 29.5. The van der Waals surface area contributed by atoms with Crippen LogP contribution in [0.1, 0.15) is 71.1 Å². The van der Waals surface area contributed by atoms with Crippen molar-refractivity contribution in [3.63, 3.8) is 0 Å². The van der Waals surface area contributed by atoms with Crippen LogP contribution in [0.5, 0.6) is 0 Å². The summed E-state index contributed by atoms with van der Waals surface area (Å²) in [5, 5.41) is 2.88. The van der Waals surface area contributed by atoms with Gasteiger partial charge in [-0.1, -0.05) is 19.9 Å². The van der Waals surface area contributed by atoms with E-state index in [-0.39, 0.29) is 23.0 Å². The van der Waals surface area contributed by atoms with Gasteiger partial charge in [-0.3, -0.25) is 9.59 Å². The van der Waals surface area contributed by atoms with Gasteiger partial charge in [-0.2, -0.15) is 4.72 Å². The van der Waals surface area contributed by atoms with Crippen molar-refractivity contribution < 1.29 is 32.3 Å². The molecule has 9 nitrogen and oxygen atoms in total. The molecule has 1 heterocycles. The fourth-order valence-electron chi connectivity index (χ4n) is 3.50. The maximum Gasteiger partial charge on any atom is 0.341 e. The molecule has 1 amide bonds. The zero-order chi connectivity index (χ0) is 27.4. The number of carbonyl (C=O) groups is 3. The van der Waals surface area contributed by atoms with Crippen LogP contribution in [0.4, 0.5) is 5.00 Å². The number of aryl methyl sites for hydroxylation is 2. The summed E-state index contributed by atoms with van der Waals surface area (Å²) in [7, 11) is -4.03. The second kappa shape index (κ2) is 12.0. The molecule has 198 valence electrons. The van der Waals surface area contributed by atoms with E-state index in [0.717, 1.165) is 16.0 Å².